The minimum Gasteiger partial charge on any atom is -0.457 e. The van der Waals surface area contributed by atoms with Gasteiger partial charge in [0.25, 0.3) is 5.91 Å². The van der Waals surface area contributed by atoms with Gasteiger partial charge in [-0.3, -0.25) is 4.79 Å². The number of aryl methyl sites for hydroxylation is 1. The fourth-order valence-electron chi connectivity index (χ4n) is 1.88. The second-order valence-corrected chi connectivity index (χ2v) is 5.06. The molecule has 2 heterocycles. The molecule has 0 saturated heterocycles. The number of rotatable bonds is 3. The summed E-state index contributed by atoms with van der Waals surface area (Å²) in [5.41, 5.74) is 2.83. The second-order valence-electron chi connectivity index (χ2n) is 4.34. The summed E-state index contributed by atoms with van der Waals surface area (Å²) in [6, 6.07) is 7.07. The molecule has 0 saturated carbocycles. The van der Waals surface area contributed by atoms with Gasteiger partial charge in [0, 0.05) is 11.3 Å². The monoisotopic (exact) mass is 347 g/mol. The highest BCUT2D eigenvalue weighted by atomic mass is 79.9. The van der Waals surface area contributed by atoms with Crippen LogP contribution in [0.4, 0.5) is 5.69 Å². The molecule has 1 aromatic carbocycles. The Labute approximate surface area is 128 Å². The van der Waals surface area contributed by atoms with Crippen LogP contribution in [0.25, 0.3) is 11.5 Å². The Morgan fingerprint density at radius 2 is 2.14 bits per heavy atom. The van der Waals surface area contributed by atoms with Gasteiger partial charge in [0.05, 0.1) is 11.8 Å². The molecule has 1 amide bonds. The first-order chi connectivity index (χ1) is 10.1. The van der Waals surface area contributed by atoms with Gasteiger partial charge in [-0.15, -0.1) is 10.2 Å². The predicted molar refractivity (Wildman–Crippen MR) is 78.8 cm³/mol. The Balaban J connectivity index is 1.84. The number of nitrogens with zero attached hydrogens (tertiary/aromatic N) is 2. The number of amides is 1. The maximum atomic E-state index is 12.1. The van der Waals surface area contributed by atoms with Crippen LogP contribution < -0.4 is 5.32 Å². The van der Waals surface area contributed by atoms with Gasteiger partial charge in [0.2, 0.25) is 12.3 Å². The molecular weight excluding hydrogens is 338 g/mol. The van der Waals surface area contributed by atoms with E-state index in [1.807, 2.05) is 13.0 Å². The Kier molecular flexibility index (Phi) is 3.57. The summed E-state index contributed by atoms with van der Waals surface area (Å²) in [7, 11) is 0. The second kappa shape index (κ2) is 5.53. The zero-order valence-electron chi connectivity index (χ0n) is 11.0. The van der Waals surface area contributed by atoms with Crippen LogP contribution in [0.2, 0.25) is 0 Å². The van der Waals surface area contributed by atoms with Crippen molar-refractivity contribution in [3.63, 3.8) is 0 Å². The number of halogens is 1. The van der Waals surface area contributed by atoms with Crippen LogP contribution >= 0.6 is 15.9 Å². The maximum absolute atomic E-state index is 12.1. The van der Waals surface area contributed by atoms with Crippen molar-refractivity contribution in [2.75, 3.05) is 5.32 Å². The molecule has 0 aliphatic rings. The summed E-state index contributed by atoms with van der Waals surface area (Å²) >= 11 is 3.18. The lowest BCUT2D eigenvalue weighted by Crippen LogP contribution is -2.12. The molecule has 3 aromatic rings. The fraction of sp³-hybridized carbons (Fsp3) is 0.0714. The third kappa shape index (κ3) is 2.73. The number of anilines is 1. The molecule has 106 valence electrons. The average Bonchev–Trinajstić information content (AvgIpc) is 3.12. The van der Waals surface area contributed by atoms with Crippen molar-refractivity contribution in [3.8, 4) is 11.5 Å². The standard InChI is InChI=1S/C14H10BrN3O3/c1-8-6-9(14-18-16-7-21-14)2-3-11(8)17-13(19)10-4-5-20-12(10)15/h2-7H,1H3,(H,17,19). The largest absolute Gasteiger partial charge is 0.457 e. The maximum Gasteiger partial charge on any atom is 0.260 e. The van der Waals surface area contributed by atoms with Crippen LogP contribution in [0.15, 0.2) is 50.4 Å². The van der Waals surface area contributed by atoms with Gasteiger partial charge in [-0.2, -0.15) is 0 Å². The molecule has 0 radical (unpaired) electrons. The highest BCUT2D eigenvalue weighted by Gasteiger charge is 2.14. The molecule has 7 heteroatoms. The molecule has 2 aromatic heterocycles. The van der Waals surface area contributed by atoms with Crippen molar-refractivity contribution >= 4 is 27.5 Å². The lowest BCUT2D eigenvalue weighted by Gasteiger charge is -2.08. The zero-order chi connectivity index (χ0) is 14.8. The quantitative estimate of drug-likeness (QED) is 0.781. The van der Waals surface area contributed by atoms with Gasteiger partial charge < -0.3 is 14.2 Å². The first-order valence-electron chi connectivity index (χ1n) is 6.06. The van der Waals surface area contributed by atoms with Crippen LogP contribution in [0, 0.1) is 6.92 Å². The fourth-order valence-corrected chi connectivity index (χ4v) is 2.30. The van der Waals surface area contributed by atoms with Crippen molar-refractivity contribution in [2.45, 2.75) is 6.92 Å². The summed E-state index contributed by atoms with van der Waals surface area (Å²) in [5.74, 6) is 0.192. The van der Waals surface area contributed by atoms with Gasteiger partial charge in [0.1, 0.15) is 0 Å². The highest BCUT2D eigenvalue weighted by molar-refractivity contribution is 9.10. The van der Waals surface area contributed by atoms with Crippen molar-refractivity contribution in [1.29, 1.82) is 0 Å². The SMILES string of the molecule is Cc1cc(-c2nnco2)ccc1NC(=O)c1ccoc1Br. The van der Waals surface area contributed by atoms with Crippen molar-refractivity contribution < 1.29 is 13.6 Å². The highest BCUT2D eigenvalue weighted by Crippen LogP contribution is 2.25. The average molecular weight is 348 g/mol. The van der Waals surface area contributed by atoms with E-state index in [1.54, 1.807) is 18.2 Å². The Hall–Kier alpha value is -2.41. The van der Waals surface area contributed by atoms with Crippen molar-refractivity contribution in [3.05, 3.63) is 52.7 Å². The molecule has 0 fully saturated rings. The van der Waals surface area contributed by atoms with Crippen molar-refractivity contribution in [1.82, 2.24) is 10.2 Å². The summed E-state index contributed by atoms with van der Waals surface area (Å²) in [4.78, 5) is 12.1. The first kappa shape index (κ1) is 13.6. The molecule has 0 spiro atoms. The summed E-state index contributed by atoms with van der Waals surface area (Å²) in [6.07, 6.45) is 2.72. The molecular formula is C14H10BrN3O3. The normalized spacial score (nSPS) is 10.6. The number of aromatic nitrogens is 2. The number of hydrogen-bond acceptors (Lipinski definition) is 5. The van der Waals surface area contributed by atoms with E-state index in [-0.39, 0.29) is 5.91 Å². The van der Waals surface area contributed by atoms with E-state index in [4.69, 9.17) is 8.83 Å². The lowest BCUT2D eigenvalue weighted by molar-refractivity contribution is 0.102. The van der Waals surface area contributed by atoms with E-state index in [1.165, 1.54) is 12.7 Å². The van der Waals surface area contributed by atoms with Crippen molar-refractivity contribution in [2.24, 2.45) is 0 Å². The molecule has 6 nitrogen and oxygen atoms in total. The number of nitrogens with one attached hydrogen (secondary N) is 1. The van der Waals surface area contributed by atoms with Crippen LogP contribution in [-0.2, 0) is 0 Å². The molecule has 1 N–H and O–H groups in total. The third-order valence-electron chi connectivity index (χ3n) is 2.94. The Bertz CT molecular complexity index is 781. The van der Waals surface area contributed by atoms with Gasteiger partial charge in [0.15, 0.2) is 4.67 Å². The molecule has 3 rings (SSSR count). The first-order valence-corrected chi connectivity index (χ1v) is 6.86. The molecule has 0 aliphatic heterocycles. The van der Waals surface area contributed by atoms with E-state index in [0.717, 1.165) is 11.1 Å². The van der Waals surface area contributed by atoms with Crippen LogP contribution in [0.3, 0.4) is 0 Å². The van der Waals surface area contributed by atoms with Gasteiger partial charge >= 0.3 is 0 Å². The van der Waals surface area contributed by atoms with Gasteiger partial charge in [-0.1, -0.05) is 0 Å². The van der Waals surface area contributed by atoms with E-state index in [2.05, 4.69) is 31.4 Å². The number of hydrogen-bond donors (Lipinski definition) is 1. The molecule has 0 atom stereocenters. The Morgan fingerprint density at radius 1 is 1.29 bits per heavy atom. The van der Waals surface area contributed by atoms with E-state index >= 15 is 0 Å². The van der Waals surface area contributed by atoms with Gasteiger partial charge in [-0.25, -0.2) is 0 Å². The topological polar surface area (TPSA) is 81.2 Å². The number of carbonyl (C=O) groups excluding carboxylic acids is 1. The summed E-state index contributed by atoms with van der Waals surface area (Å²) in [5, 5.41) is 10.3. The van der Waals surface area contributed by atoms with Crippen LogP contribution in [0.5, 0.6) is 0 Å². The molecule has 0 bridgehead atoms. The number of benzene rings is 1. The van der Waals surface area contributed by atoms with Gasteiger partial charge in [-0.05, 0) is 52.7 Å². The molecule has 0 aliphatic carbocycles. The van der Waals surface area contributed by atoms with E-state index in [0.29, 0.717) is 21.8 Å². The summed E-state index contributed by atoms with van der Waals surface area (Å²) < 4.78 is 10.6. The smallest absolute Gasteiger partial charge is 0.260 e. The van der Waals surface area contributed by atoms with Crippen LogP contribution in [0.1, 0.15) is 15.9 Å². The van der Waals surface area contributed by atoms with E-state index in [9.17, 15) is 4.79 Å². The van der Waals surface area contributed by atoms with Crippen LogP contribution in [-0.4, -0.2) is 16.1 Å². The van der Waals surface area contributed by atoms with E-state index < -0.39 is 0 Å². The zero-order valence-corrected chi connectivity index (χ0v) is 12.5. The minimum absolute atomic E-state index is 0.246. The Morgan fingerprint density at radius 3 is 2.76 bits per heavy atom. The molecule has 0 unspecified atom stereocenters. The molecule has 21 heavy (non-hydrogen) atoms. The number of carbonyl (C=O) groups is 1. The number of furan rings is 1. The summed E-state index contributed by atoms with van der Waals surface area (Å²) in [6.45, 7) is 1.89. The predicted octanol–water partition coefficient (Wildman–Crippen LogP) is 3.65. The lowest BCUT2D eigenvalue weighted by atomic mass is 10.1. The third-order valence-corrected chi connectivity index (χ3v) is 3.56. The minimum atomic E-state index is -0.246.